The Hall–Kier alpha value is -4.98. The van der Waals surface area contributed by atoms with E-state index in [0.29, 0.717) is 16.4 Å². The van der Waals surface area contributed by atoms with Gasteiger partial charge in [-0.25, -0.2) is 14.1 Å². The summed E-state index contributed by atoms with van der Waals surface area (Å²) in [7, 11) is 0. The van der Waals surface area contributed by atoms with Crippen LogP contribution in [0.3, 0.4) is 0 Å². The van der Waals surface area contributed by atoms with Gasteiger partial charge >= 0.3 is 6.36 Å². The van der Waals surface area contributed by atoms with Crippen molar-refractivity contribution in [3.05, 3.63) is 101 Å². The van der Waals surface area contributed by atoms with Gasteiger partial charge in [0.05, 0.1) is 35.2 Å². The number of aryl methyl sites for hydroxylation is 1. The van der Waals surface area contributed by atoms with Gasteiger partial charge in [0.2, 0.25) is 0 Å². The molecule has 14 heteroatoms. The second kappa shape index (κ2) is 12.9. The number of nitrogens with one attached hydrogen (secondary N) is 1. The third-order valence-electron chi connectivity index (χ3n) is 6.56. The highest BCUT2D eigenvalue weighted by Gasteiger charge is 2.31. The fourth-order valence-electron chi connectivity index (χ4n) is 4.35. The van der Waals surface area contributed by atoms with Gasteiger partial charge in [-0.15, -0.1) is 13.2 Å². The van der Waals surface area contributed by atoms with Crippen LogP contribution < -0.4 is 10.1 Å². The monoisotopic (exact) mass is 638 g/mol. The van der Waals surface area contributed by atoms with E-state index in [-0.39, 0.29) is 34.5 Å². The molecule has 2 amide bonds. The minimum Gasteiger partial charge on any atom is -0.406 e. The molecule has 1 aliphatic heterocycles. The summed E-state index contributed by atoms with van der Waals surface area (Å²) in [4.78, 5) is 29.9. The Kier molecular flexibility index (Phi) is 9.04. The highest BCUT2D eigenvalue weighted by molar-refractivity contribution is 8.15. The van der Waals surface area contributed by atoms with E-state index >= 15 is 4.39 Å². The van der Waals surface area contributed by atoms with Crippen LogP contribution in [0.25, 0.3) is 5.69 Å². The summed E-state index contributed by atoms with van der Waals surface area (Å²) in [5.74, 6) is -1.53. The van der Waals surface area contributed by atoms with Gasteiger partial charge in [0.15, 0.2) is 5.17 Å². The van der Waals surface area contributed by atoms with Crippen LogP contribution in [0.1, 0.15) is 46.9 Å². The first-order valence-electron chi connectivity index (χ1n) is 13.6. The second-order valence-corrected chi connectivity index (χ2v) is 11.1. The van der Waals surface area contributed by atoms with Crippen molar-refractivity contribution in [3.63, 3.8) is 0 Å². The average molecular weight is 639 g/mol. The highest BCUT2D eigenvalue weighted by Crippen LogP contribution is 2.30. The molecule has 232 valence electrons. The molecule has 9 nitrogen and oxygen atoms in total. The van der Waals surface area contributed by atoms with Crippen molar-refractivity contribution in [1.29, 1.82) is 0 Å². The summed E-state index contributed by atoms with van der Waals surface area (Å²) >= 11 is 1.27. The molecule has 1 saturated heterocycles. The maximum atomic E-state index is 15.2. The first kappa shape index (κ1) is 31.4. The maximum Gasteiger partial charge on any atom is 0.573 e. The first-order valence-corrected chi connectivity index (χ1v) is 14.6. The number of ether oxygens (including phenoxy) is 1. The number of hydrogen-bond donors (Lipinski definition) is 1. The van der Waals surface area contributed by atoms with Crippen LogP contribution in [0.15, 0.2) is 83.0 Å². The van der Waals surface area contributed by atoms with Crippen LogP contribution in [0.4, 0.5) is 28.9 Å². The fraction of sp³-hybridized carbons (Fsp3) is 0.194. The Morgan fingerprint density at radius 1 is 1.11 bits per heavy atom. The standard InChI is InChI=1S/C31H26F4N6O3S/c1-18(2)23-6-4-5-7-25(23)38-30-41(28(42)17-45-30)36-15-20-8-13-27(24(32)14-20)40-16-26(19(3)39-40)37-29(43)21-9-11-22(12-10-21)44-31(33,34)35/h4-16,18H,17H2,1-3H3,(H,37,43)/b36-15+,38-30-. The van der Waals surface area contributed by atoms with Crippen molar-refractivity contribution in [2.45, 2.75) is 33.1 Å². The van der Waals surface area contributed by atoms with Crippen LogP contribution in [0.5, 0.6) is 5.75 Å². The smallest absolute Gasteiger partial charge is 0.406 e. The lowest BCUT2D eigenvalue weighted by Crippen LogP contribution is -2.23. The molecule has 0 saturated carbocycles. The Balaban J connectivity index is 1.29. The molecule has 1 N–H and O–H groups in total. The number of amides is 2. The van der Waals surface area contributed by atoms with Crippen molar-refractivity contribution < 1.29 is 31.9 Å². The van der Waals surface area contributed by atoms with Gasteiger partial charge in [-0.3, -0.25) is 9.59 Å². The Morgan fingerprint density at radius 3 is 2.53 bits per heavy atom. The number of amidine groups is 1. The highest BCUT2D eigenvalue weighted by atomic mass is 32.2. The van der Waals surface area contributed by atoms with Gasteiger partial charge in [-0.1, -0.05) is 49.9 Å². The second-order valence-electron chi connectivity index (χ2n) is 10.2. The van der Waals surface area contributed by atoms with Crippen molar-refractivity contribution in [3.8, 4) is 11.4 Å². The van der Waals surface area contributed by atoms with Crippen LogP contribution >= 0.6 is 11.8 Å². The lowest BCUT2D eigenvalue weighted by atomic mass is 10.0. The molecule has 3 aromatic carbocycles. The molecular formula is C31H26F4N6O3S. The molecule has 2 heterocycles. The van der Waals surface area contributed by atoms with Gasteiger partial charge in [0, 0.05) is 5.56 Å². The molecule has 1 fully saturated rings. The van der Waals surface area contributed by atoms with Crippen molar-refractivity contribution >= 4 is 46.3 Å². The number of nitrogens with zero attached hydrogens (tertiary/aromatic N) is 5. The van der Waals surface area contributed by atoms with Gasteiger partial charge in [-0.05, 0) is 66.4 Å². The number of anilines is 1. The average Bonchev–Trinajstić information content (AvgIpc) is 3.52. The molecule has 0 spiro atoms. The molecule has 0 bridgehead atoms. The predicted octanol–water partition coefficient (Wildman–Crippen LogP) is 7.19. The van der Waals surface area contributed by atoms with E-state index < -0.39 is 23.8 Å². The molecule has 0 unspecified atom stereocenters. The van der Waals surface area contributed by atoms with Crippen LogP contribution in [0.2, 0.25) is 0 Å². The summed E-state index contributed by atoms with van der Waals surface area (Å²) < 4.78 is 57.5. The van der Waals surface area contributed by atoms with Gasteiger partial charge in [0.1, 0.15) is 17.3 Å². The molecule has 1 aliphatic rings. The van der Waals surface area contributed by atoms with E-state index in [2.05, 4.69) is 39.1 Å². The molecule has 5 rings (SSSR count). The zero-order valence-corrected chi connectivity index (χ0v) is 25.0. The zero-order valence-electron chi connectivity index (χ0n) is 24.2. The van der Waals surface area contributed by atoms with Crippen molar-refractivity contribution in [2.75, 3.05) is 11.1 Å². The number of halogens is 4. The van der Waals surface area contributed by atoms with Crippen molar-refractivity contribution in [1.82, 2.24) is 14.8 Å². The molecule has 45 heavy (non-hydrogen) atoms. The molecule has 4 aromatic rings. The summed E-state index contributed by atoms with van der Waals surface area (Å²) in [6.07, 6.45) is -2.06. The summed E-state index contributed by atoms with van der Waals surface area (Å²) in [5.41, 5.74) is 3.00. The summed E-state index contributed by atoms with van der Waals surface area (Å²) in [5, 5.41) is 12.8. The molecular weight excluding hydrogens is 612 g/mol. The fourth-order valence-corrected chi connectivity index (χ4v) is 5.16. The van der Waals surface area contributed by atoms with Gasteiger partial charge < -0.3 is 10.1 Å². The van der Waals surface area contributed by atoms with E-state index in [9.17, 15) is 22.8 Å². The topological polar surface area (TPSA) is 101 Å². The number of thioether (sulfide) groups is 1. The number of rotatable bonds is 8. The van der Waals surface area contributed by atoms with Gasteiger partial charge in [0.25, 0.3) is 11.8 Å². The van der Waals surface area contributed by atoms with Crippen LogP contribution in [-0.2, 0) is 4.79 Å². The molecule has 1 aromatic heterocycles. The number of hydrogen-bond acceptors (Lipinski definition) is 7. The molecule has 0 radical (unpaired) electrons. The zero-order chi connectivity index (χ0) is 32.3. The number of aromatic nitrogens is 2. The van der Waals surface area contributed by atoms with Gasteiger partial charge in [-0.2, -0.15) is 15.2 Å². The lowest BCUT2D eigenvalue weighted by Gasteiger charge is -2.12. The molecule has 0 aliphatic carbocycles. The Morgan fingerprint density at radius 2 is 1.84 bits per heavy atom. The number of alkyl halides is 3. The summed E-state index contributed by atoms with van der Waals surface area (Å²) in [6, 6.07) is 16.4. The van der Waals surface area contributed by atoms with Crippen molar-refractivity contribution in [2.24, 2.45) is 10.1 Å². The van der Waals surface area contributed by atoms with Crippen LogP contribution in [0, 0.1) is 12.7 Å². The quantitative estimate of drug-likeness (QED) is 0.163. The minimum absolute atomic E-state index is 0.0821. The number of carbonyl (C=O) groups is 2. The van der Waals surface area contributed by atoms with Crippen LogP contribution in [-0.4, -0.2) is 50.1 Å². The first-order chi connectivity index (χ1) is 21.4. The maximum absolute atomic E-state index is 15.2. The number of para-hydroxylation sites is 1. The Bertz CT molecular complexity index is 1800. The number of hydrazone groups is 1. The Labute approximate surface area is 259 Å². The van der Waals surface area contributed by atoms with E-state index in [1.54, 1.807) is 13.0 Å². The SMILES string of the molecule is Cc1nn(-c2ccc(/C=N/N3C(=O)CS/C3=N\c3ccccc3C(C)C)cc2F)cc1NC(=O)c1ccc(OC(F)(F)F)cc1. The largest absolute Gasteiger partial charge is 0.573 e. The normalized spacial score (nSPS) is 14.6. The number of aliphatic imine (C=N–C) groups is 1. The summed E-state index contributed by atoms with van der Waals surface area (Å²) in [6.45, 7) is 5.73. The minimum atomic E-state index is -4.85. The number of benzene rings is 3. The molecule has 0 atom stereocenters. The lowest BCUT2D eigenvalue weighted by molar-refractivity contribution is -0.274. The van der Waals surface area contributed by atoms with E-state index in [1.807, 2.05) is 24.3 Å². The van der Waals surface area contributed by atoms with E-state index in [0.717, 1.165) is 23.4 Å². The number of carbonyl (C=O) groups excluding carboxylic acids is 2. The third-order valence-corrected chi connectivity index (χ3v) is 7.47. The third kappa shape index (κ3) is 7.58. The predicted molar refractivity (Wildman–Crippen MR) is 164 cm³/mol. The van der Waals surface area contributed by atoms with E-state index in [1.165, 1.54) is 58.1 Å². The van der Waals surface area contributed by atoms with E-state index in [4.69, 9.17) is 0 Å².